The van der Waals surface area contributed by atoms with Gasteiger partial charge in [0.05, 0.1) is 5.52 Å². The second-order valence-corrected chi connectivity index (χ2v) is 5.59. The highest BCUT2D eigenvalue weighted by molar-refractivity contribution is 7.98. The Bertz CT molecular complexity index is 738. The quantitative estimate of drug-likeness (QED) is 0.577. The fourth-order valence-corrected chi connectivity index (χ4v) is 2.98. The highest BCUT2D eigenvalue weighted by Gasteiger charge is 2.02. The fraction of sp³-hybridized carbons (Fsp3) is 0.0625. The lowest BCUT2D eigenvalue weighted by Crippen LogP contribution is -1.88. The zero-order chi connectivity index (χ0) is 13.9. The summed E-state index contributed by atoms with van der Waals surface area (Å²) in [6.45, 7) is 0. The molecular formula is C16H13FN2S. The summed E-state index contributed by atoms with van der Waals surface area (Å²) in [7, 11) is 0. The summed E-state index contributed by atoms with van der Waals surface area (Å²) in [6.07, 6.45) is 1.78. The van der Waals surface area contributed by atoms with Crippen molar-refractivity contribution in [3.63, 3.8) is 0 Å². The molecule has 1 heterocycles. The SMILES string of the molecule is Nc1cc(F)cc(SCc2ccc3ncccc3c2)c1. The molecule has 3 aromatic rings. The molecule has 1 aromatic heterocycles. The minimum Gasteiger partial charge on any atom is -0.399 e. The van der Waals surface area contributed by atoms with Crippen LogP contribution in [0.4, 0.5) is 10.1 Å². The van der Waals surface area contributed by atoms with Crippen LogP contribution < -0.4 is 5.73 Å². The van der Waals surface area contributed by atoms with Crippen LogP contribution in [0.1, 0.15) is 5.56 Å². The average molecular weight is 284 g/mol. The van der Waals surface area contributed by atoms with Crippen LogP contribution in [-0.4, -0.2) is 4.98 Å². The second-order valence-electron chi connectivity index (χ2n) is 4.54. The Kier molecular flexibility index (Phi) is 3.56. The topological polar surface area (TPSA) is 38.9 Å². The number of aromatic nitrogens is 1. The first-order valence-electron chi connectivity index (χ1n) is 6.23. The van der Waals surface area contributed by atoms with Gasteiger partial charge in [-0.1, -0.05) is 12.1 Å². The van der Waals surface area contributed by atoms with E-state index in [1.165, 1.54) is 17.7 Å². The van der Waals surface area contributed by atoms with Gasteiger partial charge in [0.1, 0.15) is 5.82 Å². The first-order chi connectivity index (χ1) is 9.70. The maximum atomic E-state index is 13.3. The highest BCUT2D eigenvalue weighted by atomic mass is 32.2. The van der Waals surface area contributed by atoms with Gasteiger partial charge in [-0.2, -0.15) is 0 Å². The Balaban J connectivity index is 1.79. The molecule has 0 bridgehead atoms. The van der Waals surface area contributed by atoms with Gasteiger partial charge in [-0.25, -0.2) is 4.39 Å². The van der Waals surface area contributed by atoms with Crippen molar-refractivity contribution in [3.05, 3.63) is 66.1 Å². The molecule has 3 rings (SSSR count). The van der Waals surface area contributed by atoms with Gasteiger partial charge in [-0.05, 0) is 42.0 Å². The third-order valence-corrected chi connectivity index (χ3v) is 4.01. The van der Waals surface area contributed by atoms with E-state index >= 15 is 0 Å². The smallest absolute Gasteiger partial charge is 0.126 e. The Hall–Kier alpha value is -2.07. The lowest BCUT2D eigenvalue weighted by Gasteiger charge is -2.05. The summed E-state index contributed by atoms with van der Waals surface area (Å²) < 4.78 is 13.3. The van der Waals surface area contributed by atoms with Gasteiger partial charge in [0.25, 0.3) is 0 Å². The number of nitrogens with zero attached hydrogens (tertiary/aromatic N) is 1. The van der Waals surface area contributed by atoms with Crippen molar-refractivity contribution in [1.29, 1.82) is 0 Å². The number of benzene rings is 2. The molecule has 0 saturated heterocycles. The largest absolute Gasteiger partial charge is 0.399 e. The summed E-state index contributed by atoms with van der Waals surface area (Å²) in [5, 5.41) is 1.12. The molecule has 2 N–H and O–H groups in total. The molecule has 0 amide bonds. The number of nitrogens with two attached hydrogens (primary N) is 1. The molecular weight excluding hydrogens is 271 g/mol. The van der Waals surface area contributed by atoms with Gasteiger partial charge in [-0.3, -0.25) is 4.98 Å². The number of fused-ring (bicyclic) bond motifs is 1. The lowest BCUT2D eigenvalue weighted by molar-refractivity contribution is 0.625. The normalized spacial score (nSPS) is 10.8. The third kappa shape index (κ3) is 2.91. The minimum atomic E-state index is -0.296. The number of pyridine rings is 1. The number of hydrogen-bond acceptors (Lipinski definition) is 3. The molecule has 20 heavy (non-hydrogen) atoms. The van der Waals surface area contributed by atoms with E-state index in [4.69, 9.17) is 5.73 Å². The summed E-state index contributed by atoms with van der Waals surface area (Å²) in [5.41, 5.74) is 8.26. The molecule has 0 saturated carbocycles. The van der Waals surface area contributed by atoms with Crippen LogP contribution in [0.3, 0.4) is 0 Å². The summed E-state index contributed by atoms with van der Waals surface area (Å²) >= 11 is 1.57. The number of rotatable bonds is 3. The van der Waals surface area contributed by atoms with Crippen molar-refractivity contribution in [1.82, 2.24) is 4.98 Å². The summed E-state index contributed by atoms with van der Waals surface area (Å²) in [6, 6.07) is 14.7. The van der Waals surface area contributed by atoms with Crippen LogP contribution in [0.2, 0.25) is 0 Å². The molecule has 0 spiro atoms. The molecule has 2 aromatic carbocycles. The third-order valence-electron chi connectivity index (χ3n) is 2.97. The molecule has 0 aliphatic heterocycles. The maximum absolute atomic E-state index is 13.3. The van der Waals surface area contributed by atoms with Crippen LogP contribution in [0, 0.1) is 5.82 Å². The maximum Gasteiger partial charge on any atom is 0.126 e. The van der Waals surface area contributed by atoms with Crippen molar-refractivity contribution in [2.24, 2.45) is 0 Å². The van der Waals surface area contributed by atoms with Crippen molar-refractivity contribution < 1.29 is 4.39 Å². The van der Waals surface area contributed by atoms with Crippen molar-refractivity contribution >= 4 is 28.4 Å². The van der Waals surface area contributed by atoms with Crippen LogP contribution >= 0.6 is 11.8 Å². The van der Waals surface area contributed by atoms with Gasteiger partial charge < -0.3 is 5.73 Å². The predicted octanol–water partition coefficient (Wildman–Crippen LogP) is 4.25. The van der Waals surface area contributed by atoms with E-state index in [-0.39, 0.29) is 5.82 Å². The number of nitrogen functional groups attached to an aromatic ring is 1. The molecule has 0 atom stereocenters. The Morgan fingerprint density at radius 1 is 1.10 bits per heavy atom. The van der Waals surface area contributed by atoms with E-state index in [1.54, 1.807) is 24.0 Å². The predicted molar refractivity (Wildman–Crippen MR) is 82.1 cm³/mol. The highest BCUT2D eigenvalue weighted by Crippen LogP contribution is 2.26. The van der Waals surface area contributed by atoms with Crippen molar-refractivity contribution in [2.45, 2.75) is 10.6 Å². The van der Waals surface area contributed by atoms with E-state index in [0.717, 1.165) is 21.6 Å². The van der Waals surface area contributed by atoms with E-state index in [2.05, 4.69) is 11.1 Å². The zero-order valence-corrected chi connectivity index (χ0v) is 11.5. The Morgan fingerprint density at radius 3 is 2.85 bits per heavy atom. The number of hydrogen-bond donors (Lipinski definition) is 1. The molecule has 0 aliphatic rings. The standard InChI is InChI=1S/C16H13FN2S/c17-13-7-14(18)9-15(8-13)20-10-11-3-4-16-12(6-11)2-1-5-19-16/h1-9H,10,18H2. The van der Waals surface area contributed by atoms with Crippen LogP contribution in [-0.2, 0) is 5.75 Å². The number of halogens is 1. The average Bonchev–Trinajstić information content (AvgIpc) is 2.44. The zero-order valence-electron chi connectivity index (χ0n) is 10.7. The van der Waals surface area contributed by atoms with E-state index in [9.17, 15) is 4.39 Å². The molecule has 0 aliphatic carbocycles. The first-order valence-corrected chi connectivity index (χ1v) is 7.22. The van der Waals surface area contributed by atoms with Gasteiger partial charge in [0.15, 0.2) is 0 Å². The lowest BCUT2D eigenvalue weighted by atomic mass is 10.1. The fourth-order valence-electron chi connectivity index (χ4n) is 2.05. The molecule has 4 heteroatoms. The van der Waals surface area contributed by atoms with E-state index < -0.39 is 0 Å². The van der Waals surface area contributed by atoms with Gasteiger partial charge >= 0.3 is 0 Å². The minimum absolute atomic E-state index is 0.296. The van der Waals surface area contributed by atoms with Crippen LogP contribution in [0.15, 0.2) is 59.6 Å². The molecule has 0 radical (unpaired) electrons. The van der Waals surface area contributed by atoms with Crippen LogP contribution in [0.25, 0.3) is 10.9 Å². The number of thioether (sulfide) groups is 1. The van der Waals surface area contributed by atoms with E-state index in [0.29, 0.717) is 5.69 Å². The van der Waals surface area contributed by atoms with Crippen molar-refractivity contribution in [2.75, 3.05) is 5.73 Å². The monoisotopic (exact) mass is 284 g/mol. The molecule has 100 valence electrons. The van der Waals surface area contributed by atoms with Crippen LogP contribution in [0.5, 0.6) is 0 Å². The first kappa shape index (κ1) is 12.9. The molecule has 0 fully saturated rings. The summed E-state index contributed by atoms with van der Waals surface area (Å²) in [4.78, 5) is 5.13. The Labute approximate surface area is 120 Å². The molecule has 2 nitrogen and oxygen atoms in total. The van der Waals surface area contributed by atoms with E-state index in [1.807, 2.05) is 24.3 Å². The molecule has 0 unspecified atom stereocenters. The summed E-state index contributed by atoms with van der Waals surface area (Å²) in [5.74, 6) is 0.475. The van der Waals surface area contributed by atoms with Crippen molar-refractivity contribution in [3.8, 4) is 0 Å². The van der Waals surface area contributed by atoms with Gasteiger partial charge in [-0.15, -0.1) is 11.8 Å². The second kappa shape index (κ2) is 5.51. The van der Waals surface area contributed by atoms with Gasteiger partial charge in [0, 0.05) is 27.9 Å². The number of anilines is 1. The Morgan fingerprint density at radius 2 is 2.00 bits per heavy atom. The van der Waals surface area contributed by atoms with Gasteiger partial charge in [0.2, 0.25) is 0 Å².